The monoisotopic (exact) mass is 1100 g/mol. The Kier molecular flexibility index (Phi) is 45.3. The van der Waals surface area contributed by atoms with Crippen LogP contribution in [0.4, 0.5) is 4.79 Å². The summed E-state index contributed by atoms with van der Waals surface area (Å²) in [6.45, 7) is 9.25. The zero-order valence-electron chi connectivity index (χ0n) is 49.0. The zero-order chi connectivity index (χ0) is 56.6. The molecule has 1 aliphatic heterocycles. The van der Waals surface area contributed by atoms with Gasteiger partial charge in [0.05, 0.1) is 58.0 Å². The second-order valence-electron chi connectivity index (χ2n) is 21.5. The van der Waals surface area contributed by atoms with E-state index in [9.17, 15) is 38.7 Å². The highest BCUT2D eigenvalue weighted by Gasteiger charge is 2.40. The highest BCUT2D eigenvalue weighted by Crippen LogP contribution is 2.27. The Balaban J connectivity index is 3.07. The van der Waals surface area contributed by atoms with Crippen LogP contribution in [0.5, 0.6) is 0 Å². The molecule has 0 aliphatic carbocycles. The van der Waals surface area contributed by atoms with E-state index >= 15 is 0 Å². The first kappa shape index (κ1) is 71.0. The number of aliphatic hydroxyl groups excluding tert-OH is 1. The predicted octanol–water partition coefficient (Wildman–Crippen LogP) is 11.9. The van der Waals surface area contributed by atoms with Crippen LogP contribution in [-0.2, 0) is 61.9 Å². The molecule has 0 bridgehead atoms. The maximum absolute atomic E-state index is 13.9. The van der Waals surface area contributed by atoms with Gasteiger partial charge in [-0.3, -0.25) is 33.7 Å². The molecule has 77 heavy (non-hydrogen) atoms. The highest BCUT2D eigenvalue weighted by molar-refractivity contribution is 5.73. The van der Waals surface area contributed by atoms with E-state index < -0.39 is 42.0 Å². The van der Waals surface area contributed by atoms with Gasteiger partial charge in [0.2, 0.25) is 0 Å². The number of rotatable bonds is 51. The molecule has 0 radical (unpaired) electrons. The van der Waals surface area contributed by atoms with Gasteiger partial charge in [0.15, 0.2) is 0 Å². The molecule has 17 heteroatoms. The Hall–Kier alpha value is -3.99. The molecule has 1 heterocycles. The third-order valence-corrected chi connectivity index (χ3v) is 14.1. The number of hydrogen-bond donors (Lipinski definition) is 1. The largest absolute Gasteiger partial charge is 0.465 e. The molecule has 0 spiro atoms. The first-order valence-electron chi connectivity index (χ1n) is 30.5. The molecule has 1 aliphatic rings. The van der Waals surface area contributed by atoms with Crippen LogP contribution < -0.4 is 0 Å². The number of carbonyl (C=O) groups is 7. The number of amides is 1. The second-order valence-corrected chi connectivity index (χ2v) is 21.5. The van der Waals surface area contributed by atoms with Crippen LogP contribution in [0, 0.1) is 11.8 Å². The summed E-state index contributed by atoms with van der Waals surface area (Å²) >= 11 is 0. The fourth-order valence-corrected chi connectivity index (χ4v) is 9.24. The minimum Gasteiger partial charge on any atom is -0.465 e. The van der Waals surface area contributed by atoms with Crippen molar-refractivity contribution >= 4 is 41.9 Å². The number of unbranched alkanes of at least 4 members (excludes halogenated alkanes) is 20. The lowest BCUT2D eigenvalue weighted by Gasteiger charge is -2.29. The molecule has 1 amide bonds. The summed E-state index contributed by atoms with van der Waals surface area (Å²) in [7, 11) is 1.92. The van der Waals surface area contributed by atoms with Gasteiger partial charge in [0.1, 0.15) is 13.2 Å². The quantitative estimate of drug-likeness (QED) is 0.0341. The minimum atomic E-state index is -0.650. The van der Waals surface area contributed by atoms with Gasteiger partial charge in [-0.1, -0.05) is 156 Å². The van der Waals surface area contributed by atoms with Gasteiger partial charge in [-0.05, 0) is 58.4 Å². The summed E-state index contributed by atoms with van der Waals surface area (Å²) in [4.78, 5) is 95.3. The molecule has 17 nitrogen and oxygen atoms in total. The van der Waals surface area contributed by atoms with Crippen molar-refractivity contribution in [1.29, 1.82) is 0 Å². The Morgan fingerprint density at radius 1 is 0.416 bits per heavy atom. The smallest absolute Gasteiger partial charge is 0.410 e. The van der Waals surface area contributed by atoms with E-state index in [0.717, 1.165) is 128 Å². The molecule has 1 N–H and O–H groups in total. The number of esters is 6. The lowest BCUT2D eigenvalue weighted by atomic mass is 10.1. The fraction of sp³-hybridized carbons (Fsp3) is 0.883. The van der Waals surface area contributed by atoms with E-state index in [1.165, 1.54) is 4.90 Å². The number of ether oxygens (including phenoxy) is 7. The molecule has 0 aromatic carbocycles. The van der Waals surface area contributed by atoms with Crippen molar-refractivity contribution in [3.05, 3.63) is 0 Å². The van der Waals surface area contributed by atoms with Crippen LogP contribution in [0.25, 0.3) is 0 Å². The summed E-state index contributed by atoms with van der Waals surface area (Å²) in [6, 6.07) is -1.23. The first-order chi connectivity index (χ1) is 37.4. The lowest BCUT2D eigenvalue weighted by Crippen LogP contribution is -2.46. The van der Waals surface area contributed by atoms with Crippen molar-refractivity contribution in [3.8, 4) is 0 Å². The Bertz CT molecular complexity index is 1390. The van der Waals surface area contributed by atoms with E-state index in [0.29, 0.717) is 64.5 Å². The summed E-state index contributed by atoms with van der Waals surface area (Å²) in [5.74, 6) is -4.02. The molecule has 448 valence electrons. The molecule has 2 atom stereocenters. The lowest BCUT2D eigenvalue weighted by molar-refractivity contribution is -0.155. The molecule has 0 aromatic rings. The average Bonchev–Trinajstić information content (AvgIpc) is 3.83. The van der Waals surface area contributed by atoms with Crippen molar-refractivity contribution in [2.45, 2.75) is 258 Å². The predicted molar refractivity (Wildman–Crippen MR) is 298 cm³/mol. The maximum Gasteiger partial charge on any atom is 0.410 e. The summed E-state index contributed by atoms with van der Waals surface area (Å²) in [5, 5.41) is 9.22. The average molecular weight is 1100 g/mol. The van der Waals surface area contributed by atoms with Crippen molar-refractivity contribution in [2.75, 3.05) is 73.0 Å². The number of aliphatic hydroxyl groups is 1. The molecule has 0 saturated carbocycles. The molecule has 0 aromatic heterocycles. The first-order valence-corrected chi connectivity index (χ1v) is 30.5. The Labute approximate surface area is 465 Å². The number of hydrogen-bond acceptors (Lipinski definition) is 16. The summed E-state index contributed by atoms with van der Waals surface area (Å²) in [5.41, 5.74) is 0. The van der Waals surface area contributed by atoms with Gasteiger partial charge in [0.25, 0.3) is 0 Å². The van der Waals surface area contributed by atoms with Gasteiger partial charge in [-0.25, -0.2) is 4.79 Å². The van der Waals surface area contributed by atoms with Crippen LogP contribution in [0.2, 0.25) is 0 Å². The van der Waals surface area contributed by atoms with E-state index in [1.807, 2.05) is 11.9 Å². The van der Waals surface area contributed by atoms with E-state index in [1.54, 1.807) is 0 Å². The number of carbonyl (C=O) groups excluding carboxylic acids is 7. The SMILES string of the molecule is CCCCCCCCC(=O)OCC(COC(=O)CCCCCCCC)CC(=O)OC[C@@H]1CC[C@@H](COC(=O)CC(COC(=O)CCCCCCCC)COC(=O)CCCCCCCC)N1C(=O)OCCCN(C)CCCO. The van der Waals surface area contributed by atoms with Crippen LogP contribution in [0.3, 0.4) is 0 Å². The Morgan fingerprint density at radius 2 is 0.727 bits per heavy atom. The van der Waals surface area contributed by atoms with E-state index in [4.69, 9.17) is 33.2 Å². The standard InChI is InChI=1S/C60H108N2O15/c1-6-10-14-18-22-26-32-54(64)72-44-50(45-73-55(65)33-27-23-19-15-11-7-2)42-58(68)76-48-52-36-37-53(62(52)60(70)71-41-31-39-61(5)38-30-40-63)49-77-59(69)43-51(46-74-56(66)34-28-24-20-16-12-8-3)47-75-57(67)35-29-25-21-17-13-9-4/h50-53,63H,6-49H2,1-5H3/t52-,53-/m0/s1. The van der Waals surface area contributed by atoms with Crippen molar-refractivity contribution < 1.29 is 71.8 Å². The fourth-order valence-electron chi connectivity index (χ4n) is 9.24. The van der Waals surface area contributed by atoms with Gasteiger partial charge >= 0.3 is 41.9 Å². The van der Waals surface area contributed by atoms with Crippen LogP contribution in [0.1, 0.15) is 246 Å². The molecule has 1 rings (SSSR count). The van der Waals surface area contributed by atoms with Crippen LogP contribution in [-0.4, -0.2) is 142 Å². The Morgan fingerprint density at radius 3 is 1.05 bits per heavy atom. The van der Waals surface area contributed by atoms with E-state index in [-0.39, 0.29) is 115 Å². The molecular weight excluding hydrogens is 989 g/mol. The van der Waals surface area contributed by atoms with Crippen LogP contribution in [0.15, 0.2) is 0 Å². The van der Waals surface area contributed by atoms with Crippen molar-refractivity contribution in [2.24, 2.45) is 11.8 Å². The molecular formula is C60H108N2O15. The van der Waals surface area contributed by atoms with Crippen LogP contribution >= 0.6 is 0 Å². The van der Waals surface area contributed by atoms with Gasteiger partial charge < -0.3 is 43.2 Å². The van der Waals surface area contributed by atoms with Gasteiger partial charge in [-0.15, -0.1) is 0 Å². The molecule has 1 fully saturated rings. The topological polar surface area (TPSA) is 211 Å². The summed E-state index contributed by atoms with van der Waals surface area (Å²) in [6.07, 6.45) is 26.4. The minimum absolute atomic E-state index is 0.0760. The third kappa shape index (κ3) is 39.9. The highest BCUT2D eigenvalue weighted by atomic mass is 16.6. The van der Waals surface area contributed by atoms with Crippen molar-refractivity contribution in [3.63, 3.8) is 0 Å². The number of likely N-dealkylation sites (tertiary alicyclic amines) is 1. The molecule has 1 saturated heterocycles. The van der Waals surface area contributed by atoms with Gasteiger partial charge in [-0.2, -0.15) is 0 Å². The second kappa shape index (κ2) is 49.1. The van der Waals surface area contributed by atoms with Gasteiger partial charge in [0, 0.05) is 57.2 Å². The molecule has 0 unspecified atom stereocenters. The maximum atomic E-state index is 13.9. The third-order valence-electron chi connectivity index (χ3n) is 14.1. The normalized spacial score (nSPS) is 14.3. The van der Waals surface area contributed by atoms with E-state index in [2.05, 4.69) is 27.7 Å². The van der Waals surface area contributed by atoms with Crippen molar-refractivity contribution in [1.82, 2.24) is 9.80 Å². The number of nitrogens with zero attached hydrogens (tertiary/aromatic N) is 2. The zero-order valence-corrected chi connectivity index (χ0v) is 49.0. The summed E-state index contributed by atoms with van der Waals surface area (Å²) < 4.78 is 39.7.